The van der Waals surface area contributed by atoms with Gasteiger partial charge < -0.3 is 9.84 Å². The molecule has 0 aliphatic carbocycles. The molecule has 1 fully saturated rings. The zero-order valence-corrected chi connectivity index (χ0v) is 9.40. The van der Waals surface area contributed by atoms with Gasteiger partial charge in [-0.15, -0.1) is 0 Å². The monoisotopic (exact) mass is 204 g/mol. The first-order valence-electron chi connectivity index (χ1n) is 5.05. The summed E-state index contributed by atoms with van der Waals surface area (Å²) in [4.78, 5) is 0. The predicted molar refractivity (Wildman–Crippen MR) is 57.2 cm³/mol. The fourth-order valence-electron chi connectivity index (χ4n) is 1.85. The van der Waals surface area contributed by atoms with Crippen LogP contribution in [0.25, 0.3) is 0 Å². The minimum atomic E-state index is 0.0577. The van der Waals surface area contributed by atoms with Crippen molar-refractivity contribution in [3.8, 4) is 0 Å². The Hall–Kier alpha value is 0.270. The van der Waals surface area contributed by atoms with Crippen molar-refractivity contribution in [2.45, 2.75) is 32.8 Å². The van der Waals surface area contributed by atoms with Crippen LogP contribution in [-0.4, -0.2) is 35.9 Å². The van der Waals surface area contributed by atoms with Gasteiger partial charge in [-0.2, -0.15) is 11.8 Å². The van der Waals surface area contributed by atoms with E-state index in [9.17, 15) is 5.11 Å². The summed E-state index contributed by atoms with van der Waals surface area (Å²) in [6.45, 7) is 5.35. The molecule has 13 heavy (non-hydrogen) atoms. The SMILES string of the molecule is CCSCCC1(CO)CCOC1C. The fraction of sp³-hybridized carbons (Fsp3) is 1.00. The van der Waals surface area contributed by atoms with E-state index >= 15 is 0 Å². The van der Waals surface area contributed by atoms with E-state index in [1.165, 1.54) is 0 Å². The second-order valence-corrected chi connectivity index (χ2v) is 5.12. The number of thioether (sulfide) groups is 1. The lowest BCUT2D eigenvalue weighted by Gasteiger charge is -2.29. The van der Waals surface area contributed by atoms with Gasteiger partial charge in [-0.3, -0.25) is 0 Å². The van der Waals surface area contributed by atoms with Gasteiger partial charge in [-0.05, 0) is 31.3 Å². The fourth-order valence-corrected chi connectivity index (χ4v) is 2.69. The van der Waals surface area contributed by atoms with Gasteiger partial charge in [-0.1, -0.05) is 6.92 Å². The van der Waals surface area contributed by atoms with Crippen LogP contribution in [0.15, 0.2) is 0 Å². The van der Waals surface area contributed by atoms with Crippen molar-refractivity contribution in [3.05, 3.63) is 0 Å². The number of aliphatic hydroxyl groups is 1. The van der Waals surface area contributed by atoms with Crippen LogP contribution in [0.2, 0.25) is 0 Å². The third-order valence-electron chi connectivity index (χ3n) is 3.09. The van der Waals surface area contributed by atoms with E-state index in [1.807, 2.05) is 11.8 Å². The van der Waals surface area contributed by atoms with E-state index in [4.69, 9.17) is 4.74 Å². The number of hydrogen-bond acceptors (Lipinski definition) is 3. The van der Waals surface area contributed by atoms with Crippen LogP contribution in [0.1, 0.15) is 26.7 Å². The molecular formula is C10H20O2S. The Morgan fingerprint density at radius 1 is 1.62 bits per heavy atom. The van der Waals surface area contributed by atoms with Gasteiger partial charge in [0, 0.05) is 12.0 Å². The summed E-state index contributed by atoms with van der Waals surface area (Å²) in [5.74, 6) is 2.31. The summed E-state index contributed by atoms with van der Waals surface area (Å²) in [6, 6.07) is 0. The van der Waals surface area contributed by atoms with Gasteiger partial charge in [0.2, 0.25) is 0 Å². The predicted octanol–water partition coefficient (Wildman–Crippen LogP) is 1.92. The molecule has 0 aromatic carbocycles. The molecule has 1 heterocycles. The topological polar surface area (TPSA) is 29.5 Å². The second-order valence-electron chi connectivity index (χ2n) is 3.73. The lowest BCUT2D eigenvalue weighted by molar-refractivity contribution is 0.0255. The summed E-state index contributed by atoms with van der Waals surface area (Å²) in [5, 5.41) is 9.40. The first-order valence-corrected chi connectivity index (χ1v) is 6.21. The van der Waals surface area contributed by atoms with Crippen molar-refractivity contribution < 1.29 is 9.84 Å². The molecule has 0 amide bonds. The van der Waals surface area contributed by atoms with Crippen molar-refractivity contribution in [2.75, 3.05) is 24.7 Å². The standard InChI is InChI=1S/C10H20O2S/c1-3-13-7-5-10(8-11)4-6-12-9(10)2/h9,11H,3-8H2,1-2H3. The maximum absolute atomic E-state index is 9.40. The highest BCUT2D eigenvalue weighted by Gasteiger charge is 2.40. The van der Waals surface area contributed by atoms with E-state index in [1.54, 1.807) is 0 Å². The van der Waals surface area contributed by atoms with E-state index < -0.39 is 0 Å². The first-order chi connectivity index (χ1) is 6.25. The van der Waals surface area contributed by atoms with Gasteiger partial charge in [0.25, 0.3) is 0 Å². The maximum Gasteiger partial charge on any atom is 0.0626 e. The minimum Gasteiger partial charge on any atom is -0.396 e. The molecule has 0 saturated carbocycles. The van der Waals surface area contributed by atoms with Gasteiger partial charge in [-0.25, -0.2) is 0 Å². The second kappa shape index (κ2) is 5.23. The average Bonchev–Trinajstić information content (AvgIpc) is 2.49. The van der Waals surface area contributed by atoms with Crippen molar-refractivity contribution in [1.29, 1.82) is 0 Å². The van der Waals surface area contributed by atoms with Crippen molar-refractivity contribution in [2.24, 2.45) is 5.41 Å². The summed E-state index contributed by atoms with van der Waals surface area (Å²) in [6.07, 6.45) is 2.34. The summed E-state index contributed by atoms with van der Waals surface area (Å²) in [5.41, 5.74) is 0.0577. The minimum absolute atomic E-state index is 0.0577. The Balaban J connectivity index is 2.39. The number of hydrogen-bond donors (Lipinski definition) is 1. The van der Waals surface area contributed by atoms with E-state index in [0.29, 0.717) is 0 Å². The molecule has 0 radical (unpaired) electrons. The lowest BCUT2D eigenvalue weighted by atomic mass is 9.80. The molecule has 0 aromatic heterocycles. The summed E-state index contributed by atoms with van der Waals surface area (Å²) in [7, 11) is 0. The molecule has 0 spiro atoms. The van der Waals surface area contributed by atoms with Crippen molar-refractivity contribution in [1.82, 2.24) is 0 Å². The molecule has 0 bridgehead atoms. The molecule has 78 valence electrons. The zero-order valence-electron chi connectivity index (χ0n) is 8.58. The maximum atomic E-state index is 9.40. The molecule has 1 N–H and O–H groups in total. The van der Waals surface area contributed by atoms with Gasteiger partial charge in [0.1, 0.15) is 0 Å². The molecule has 1 aliphatic rings. The molecule has 2 unspecified atom stereocenters. The summed E-state index contributed by atoms with van der Waals surface area (Å²) >= 11 is 1.94. The molecule has 1 saturated heterocycles. The third kappa shape index (κ3) is 2.61. The van der Waals surface area contributed by atoms with Crippen molar-refractivity contribution >= 4 is 11.8 Å². The normalized spacial score (nSPS) is 33.9. The van der Waals surface area contributed by atoms with E-state index in [0.717, 1.165) is 31.0 Å². The molecule has 3 heteroatoms. The van der Waals surface area contributed by atoms with Crippen LogP contribution in [0.5, 0.6) is 0 Å². The Labute approximate surface area is 85.0 Å². The highest BCUT2D eigenvalue weighted by Crippen LogP contribution is 2.38. The third-order valence-corrected chi connectivity index (χ3v) is 3.99. The van der Waals surface area contributed by atoms with Gasteiger partial charge in [0.05, 0.1) is 12.7 Å². The molecular weight excluding hydrogens is 184 g/mol. The van der Waals surface area contributed by atoms with Gasteiger partial charge in [0.15, 0.2) is 0 Å². The molecule has 1 rings (SSSR count). The highest BCUT2D eigenvalue weighted by atomic mass is 32.2. The Morgan fingerprint density at radius 3 is 2.85 bits per heavy atom. The van der Waals surface area contributed by atoms with Crippen LogP contribution >= 0.6 is 11.8 Å². The molecule has 0 aromatic rings. The van der Waals surface area contributed by atoms with Crippen molar-refractivity contribution in [3.63, 3.8) is 0 Å². The number of aliphatic hydroxyl groups excluding tert-OH is 1. The van der Waals surface area contributed by atoms with E-state index in [2.05, 4.69) is 13.8 Å². The zero-order chi connectivity index (χ0) is 9.73. The van der Waals surface area contributed by atoms with Crippen LogP contribution < -0.4 is 0 Å². The largest absolute Gasteiger partial charge is 0.396 e. The smallest absolute Gasteiger partial charge is 0.0626 e. The highest BCUT2D eigenvalue weighted by molar-refractivity contribution is 7.99. The Kier molecular flexibility index (Phi) is 4.56. The van der Waals surface area contributed by atoms with Crippen LogP contribution in [0.4, 0.5) is 0 Å². The molecule has 2 nitrogen and oxygen atoms in total. The Morgan fingerprint density at radius 2 is 2.38 bits per heavy atom. The summed E-state index contributed by atoms with van der Waals surface area (Å²) < 4.78 is 5.52. The number of ether oxygens (including phenoxy) is 1. The van der Waals surface area contributed by atoms with Gasteiger partial charge >= 0.3 is 0 Å². The van der Waals surface area contributed by atoms with Crippen LogP contribution in [0.3, 0.4) is 0 Å². The lowest BCUT2D eigenvalue weighted by Crippen LogP contribution is -2.33. The number of rotatable bonds is 5. The van der Waals surface area contributed by atoms with Crippen LogP contribution in [0, 0.1) is 5.41 Å². The Bertz CT molecular complexity index is 152. The quantitative estimate of drug-likeness (QED) is 0.694. The molecule has 2 atom stereocenters. The van der Waals surface area contributed by atoms with E-state index in [-0.39, 0.29) is 18.1 Å². The average molecular weight is 204 g/mol. The molecule has 1 aliphatic heterocycles. The van der Waals surface area contributed by atoms with Crippen LogP contribution in [-0.2, 0) is 4.74 Å². The first kappa shape index (κ1) is 11.3.